The molecular formula is C27H32N6O2. The largest absolute Gasteiger partial charge is 0.455 e. The van der Waals surface area contributed by atoms with Gasteiger partial charge in [-0.2, -0.15) is 5.10 Å². The quantitative estimate of drug-likeness (QED) is 0.467. The number of fused-ring (bicyclic) bond motifs is 1. The first-order valence-electron chi connectivity index (χ1n) is 12.6. The van der Waals surface area contributed by atoms with Crippen LogP contribution in [0.15, 0.2) is 40.8 Å². The Morgan fingerprint density at radius 2 is 1.86 bits per heavy atom. The van der Waals surface area contributed by atoms with E-state index in [2.05, 4.69) is 70.4 Å². The summed E-state index contributed by atoms with van der Waals surface area (Å²) in [5, 5.41) is 7.73. The van der Waals surface area contributed by atoms with E-state index in [9.17, 15) is 0 Å². The van der Waals surface area contributed by atoms with Gasteiger partial charge in [-0.25, -0.2) is 9.97 Å². The highest BCUT2D eigenvalue weighted by molar-refractivity contribution is 5.85. The minimum Gasteiger partial charge on any atom is -0.455 e. The maximum absolute atomic E-state index is 6.46. The fourth-order valence-corrected chi connectivity index (χ4v) is 5.12. The standard InChI is InChI=1S/C27H32N6O2/c1-18-4-3-5-20(14-18)22-15-21(30-31-22)16-25-28-23-17-24(19-6-8-32(2)9-7-19)35-26(23)27(29-25)33-10-12-34-13-11-33/h3-5,14-15,17,19H,6-13,16H2,1-2H3,(H,30,31). The number of anilines is 1. The second-order valence-corrected chi connectivity index (χ2v) is 9.83. The van der Waals surface area contributed by atoms with E-state index in [0.717, 1.165) is 84.5 Å². The molecule has 35 heavy (non-hydrogen) atoms. The van der Waals surface area contributed by atoms with Crippen molar-refractivity contribution < 1.29 is 9.15 Å². The molecular weight excluding hydrogens is 440 g/mol. The highest BCUT2D eigenvalue weighted by Gasteiger charge is 2.26. The van der Waals surface area contributed by atoms with Gasteiger partial charge in [0.15, 0.2) is 11.4 Å². The Balaban J connectivity index is 1.33. The summed E-state index contributed by atoms with van der Waals surface area (Å²) in [5.74, 6) is 3.13. The predicted molar refractivity (Wildman–Crippen MR) is 136 cm³/mol. The molecule has 0 unspecified atom stereocenters. The van der Waals surface area contributed by atoms with E-state index in [4.69, 9.17) is 19.1 Å². The molecule has 1 aromatic carbocycles. The Labute approximate surface area is 205 Å². The maximum Gasteiger partial charge on any atom is 0.195 e. The minimum atomic E-state index is 0.436. The first-order chi connectivity index (χ1) is 17.1. The normalized spacial score (nSPS) is 17.9. The number of nitrogens with one attached hydrogen (secondary N) is 1. The average Bonchev–Trinajstić information content (AvgIpc) is 3.52. The molecule has 182 valence electrons. The van der Waals surface area contributed by atoms with Crippen molar-refractivity contribution in [3.05, 3.63) is 59.2 Å². The van der Waals surface area contributed by atoms with Crippen molar-refractivity contribution in [2.24, 2.45) is 0 Å². The summed E-state index contributed by atoms with van der Waals surface area (Å²) in [6.45, 7) is 7.29. The number of H-pyrrole nitrogens is 1. The summed E-state index contributed by atoms with van der Waals surface area (Å²) < 4.78 is 12.0. The van der Waals surface area contributed by atoms with Gasteiger partial charge in [0.05, 0.1) is 18.9 Å². The molecule has 0 radical (unpaired) electrons. The van der Waals surface area contributed by atoms with Crippen molar-refractivity contribution in [3.8, 4) is 11.3 Å². The van der Waals surface area contributed by atoms with Crippen LogP contribution in [-0.2, 0) is 11.2 Å². The molecule has 3 aromatic heterocycles. The Hall–Kier alpha value is -3.23. The zero-order valence-electron chi connectivity index (χ0n) is 20.5. The number of aromatic nitrogens is 4. The van der Waals surface area contributed by atoms with Gasteiger partial charge in [0.2, 0.25) is 0 Å². The lowest BCUT2D eigenvalue weighted by Crippen LogP contribution is -2.37. The third-order valence-electron chi connectivity index (χ3n) is 7.14. The first kappa shape index (κ1) is 22.2. The van der Waals surface area contributed by atoms with E-state index in [1.54, 1.807) is 0 Å². The molecule has 8 heteroatoms. The SMILES string of the molecule is Cc1cccc(-c2cc(Cc3nc(N4CCOCC4)c4oc(C5CCN(C)CC5)cc4n3)[nH]n2)c1. The van der Waals surface area contributed by atoms with Crippen LogP contribution in [-0.4, -0.2) is 71.5 Å². The lowest BCUT2D eigenvalue weighted by atomic mass is 9.95. The van der Waals surface area contributed by atoms with Crippen LogP contribution < -0.4 is 4.90 Å². The lowest BCUT2D eigenvalue weighted by Gasteiger charge is -2.28. The predicted octanol–water partition coefficient (Wildman–Crippen LogP) is 4.16. The maximum atomic E-state index is 6.46. The number of rotatable bonds is 5. The van der Waals surface area contributed by atoms with Crippen LogP contribution in [0.3, 0.4) is 0 Å². The van der Waals surface area contributed by atoms with Crippen LogP contribution in [0.5, 0.6) is 0 Å². The van der Waals surface area contributed by atoms with Crippen LogP contribution in [0, 0.1) is 6.92 Å². The Bertz CT molecular complexity index is 1310. The molecule has 0 atom stereocenters. The average molecular weight is 473 g/mol. The number of hydrogen-bond acceptors (Lipinski definition) is 7. The number of nitrogens with zero attached hydrogens (tertiary/aromatic N) is 5. The van der Waals surface area contributed by atoms with Gasteiger partial charge in [-0.3, -0.25) is 5.10 Å². The molecule has 0 spiro atoms. The zero-order chi connectivity index (χ0) is 23.8. The molecule has 0 saturated carbocycles. The summed E-state index contributed by atoms with van der Waals surface area (Å²) in [6.07, 6.45) is 2.81. The second kappa shape index (κ2) is 9.43. The highest BCUT2D eigenvalue weighted by Crippen LogP contribution is 2.35. The van der Waals surface area contributed by atoms with Gasteiger partial charge in [0.1, 0.15) is 17.1 Å². The summed E-state index contributed by atoms with van der Waals surface area (Å²) >= 11 is 0. The number of benzene rings is 1. The number of furan rings is 1. The van der Waals surface area contributed by atoms with Crippen molar-refractivity contribution >= 4 is 16.9 Å². The third kappa shape index (κ3) is 4.68. The second-order valence-electron chi connectivity index (χ2n) is 9.83. The van der Waals surface area contributed by atoms with E-state index >= 15 is 0 Å². The van der Waals surface area contributed by atoms with Gasteiger partial charge in [-0.15, -0.1) is 0 Å². The highest BCUT2D eigenvalue weighted by atomic mass is 16.5. The number of aryl methyl sites for hydroxylation is 1. The van der Waals surface area contributed by atoms with Gasteiger partial charge in [-0.1, -0.05) is 23.8 Å². The van der Waals surface area contributed by atoms with E-state index in [0.29, 0.717) is 25.6 Å². The summed E-state index contributed by atoms with van der Waals surface area (Å²) in [7, 11) is 2.18. The Kier molecular flexibility index (Phi) is 6.00. The third-order valence-corrected chi connectivity index (χ3v) is 7.14. The molecule has 2 fully saturated rings. The number of morpholine rings is 1. The number of ether oxygens (including phenoxy) is 1. The minimum absolute atomic E-state index is 0.436. The number of hydrogen-bond donors (Lipinski definition) is 1. The van der Waals surface area contributed by atoms with E-state index in [-0.39, 0.29) is 0 Å². The Morgan fingerprint density at radius 3 is 2.66 bits per heavy atom. The van der Waals surface area contributed by atoms with Gasteiger partial charge < -0.3 is 19.0 Å². The van der Waals surface area contributed by atoms with Crippen LogP contribution in [0.2, 0.25) is 0 Å². The first-order valence-corrected chi connectivity index (χ1v) is 12.6. The summed E-state index contributed by atoms with van der Waals surface area (Å²) in [6, 6.07) is 12.6. The molecule has 2 saturated heterocycles. The van der Waals surface area contributed by atoms with Crippen molar-refractivity contribution in [2.75, 3.05) is 51.3 Å². The molecule has 5 heterocycles. The van der Waals surface area contributed by atoms with E-state index in [1.165, 1.54) is 5.56 Å². The molecule has 0 aliphatic carbocycles. The molecule has 2 aliphatic rings. The van der Waals surface area contributed by atoms with E-state index in [1.807, 2.05) is 0 Å². The van der Waals surface area contributed by atoms with Crippen molar-refractivity contribution in [3.63, 3.8) is 0 Å². The lowest BCUT2D eigenvalue weighted by molar-refractivity contribution is 0.122. The number of likely N-dealkylation sites (tertiary alicyclic amines) is 1. The number of aromatic amines is 1. The fourth-order valence-electron chi connectivity index (χ4n) is 5.12. The van der Waals surface area contributed by atoms with E-state index < -0.39 is 0 Å². The smallest absolute Gasteiger partial charge is 0.195 e. The summed E-state index contributed by atoms with van der Waals surface area (Å²) in [4.78, 5) is 14.6. The van der Waals surface area contributed by atoms with Gasteiger partial charge in [0, 0.05) is 42.8 Å². The van der Waals surface area contributed by atoms with Crippen LogP contribution in [0.25, 0.3) is 22.4 Å². The fraction of sp³-hybridized carbons (Fsp3) is 0.444. The molecule has 2 aliphatic heterocycles. The molecule has 4 aromatic rings. The van der Waals surface area contributed by atoms with Crippen molar-refractivity contribution in [1.29, 1.82) is 0 Å². The molecule has 6 rings (SSSR count). The van der Waals surface area contributed by atoms with Crippen LogP contribution >= 0.6 is 0 Å². The Morgan fingerprint density at radius 1 is 1.03 bits per heavy atom. The van der Waals surface area contributed by atoms with Crippen molar-refractivity contribution in [2.45, 2.75) is 32.1 Å². The van der Waals surface area contributed by atoms with Crippen molar-refractivity contribution in [1.82, 2.24) is 25.1 Å². The van der Waals surface area contributed by atoms with Gasteiger partial charge >= 0.3 is 0 Å². The topological polar surface area (TPSA) is 83.3 Å². The molecule has 1 N–H and O–H groups in total. The van der Waals surface area contributed by atoms with Gasteiger partial charge in [0.25, 0.3) is 0 Å². The molecule has 0 bridgehead atoms. The summed E-state index contributed by atoms with van der Waals surface area (Å²) in [5.41, 5.74) is 5.95. The zero-order valence-corrected chi connectivity index (χ0v) is 20.5. The van der Waals surface area contributed by atoms with Crippen LogP contribution in [0.4, 0.5) is 5.82 Å². The van der Waals surface area contributed by atoms with Crippen LogP contribution in [0.1, 0.15) is 41.6 Å². The van der Waals surface area contributed by atoms with Gasteiger partial charge in [-0.05, 0) is 52.0 Å². The monoisotopic (exact) mass is 472 g/mol. The molecule has 0 amide bonds. The number of piperidine rings is 1. The molecule has 8 nitrogen and oxygen atoms in total.